The first-order valence-electron chi connectivity index (χ1n) is 4.25. The standard InChI is InChI=1S/C7H14N4OS2/c1-5(14(2)12)3-4-9-7-10-6(8)11-13-7/h5H,3-4H2,1-2H3,(H3,8,9,10,11). The molecule has 1 heterocycles. The molecule has 2 unspecified atom stereocenters. The van der Waals surface area contributed by atoms with Crippen LogP contribution in [0.4, 0.5) is 11.1 Å². The van der Waals surface area contributed by atoms with Gasteiger partial charge in [-0.2, -0.15) is 9.36 Å². The van der Waals surface area contributed by atoms with Gasteiger partial charge in [-0.3, -0.25) is 4.21 Å². The van der Waals surface area contributed by atoms with Crippen LogP contribution in [0.5, 0.6) is 0 Å². The number of anilines is 2. The smallest absolute Gasteiger partial charge is 0.233 e. The summed E-state index contributed by atoms with van der Waals surface area (Å²) in [6.45, 7) is 2.71. The van der Waals surface area contributed by atoms with Gasteiger partial charge in [-0.15, -0.1) is 0 Å². The zero-order valence-corrected chi connectivity index (χ0v) is 9.82. The van der Waals surface area contributed by atoms with E-state index in [1.165, 1.54) is 11.5 Å². The zero-order valence-electron chi connectivity index (χ0n) is 8.19. The average molecular weight is 234 g/mol. The highest BCUT2D eigenvalue weighted by Crippen LogP contribution is 2.11. The van der Waals surface area contributed by atoms with E-state index in [0.717, 1.165) is 18.1 Å². The first kappa shape index (κ1) is 11.4. The van der Waals surface area contributed by atoms with Crippen molar-refractivity contribution < 1.29 is 4.21 Å². The Morgan fingerprint density at radius 1 is 1.71 bits per heavy atom. The Morgan fingerprint density at radius 3 is 2.93 bits per heavy atom. The maximum absolute atomic E-state index is 11.0. The number of rotatable bonds is 5. The van der Waals surface area contributed by atoms with Gasteiger partial charge in [0, 0.05) is 40.4 Å². The lowest BCUT2D eigenvalue weighted by atomic mass is 10.3. The summed E-state index contributed by atoms with van der Waals surface area (Å²) < 4.78 is 14.9. The lowest BCUT2D eigenvalue weighted by molar-refractivity contribution is 0.672. The van der Waals surface area contributed by atoms with E-state index < -0.39 is 10.8 Å². The van der Waals surface area contributed by atoms with E-state index in [2.05, 4.69) is 14.7 Å². The molecule has 0 saturated carbocycles. The molecule has 1 aromatic heterocycles. The molecule has 14 heavy (non-hydrogen) atoms. The van der Waals surface area contributed by atoms with Crippen molar-refractivity contribution in [3.63, 3.8) is 0 Å². The fourth-order valence-electron chi connectivity index (χ4n) is 0.855. The molecule has 1 rings (SSSR count). The third-order valence-electron chi connectivity index (χ3n) is 1.84. The number of hydrogen-bond acceptors (Lipinski definition) is 6. The van der Waals surface area contributed by atoms with Gasteiger partial charge in [0.2, 0.25) is 11.1 Å². The van der Waals surface area contributed by atoms with Crippen molar-refractivity contribution in [2.75, 3.05) is 23.9 Å². The summed E-state index contributed by atoms with van der Waals surface area (Å²) in [6.07, 6.45) is 2.57. The Morgan fingerprint density at radius 2 is 2.43 bits per heavy atom. The molecule has 0 amide bonds. The lowest BCUT2D eigenvalue weighted by Gasteiger charge is -2.07. The van der Waals surface area contributed by atoms with Crippen LogP contribution in [-0.2, 0) is 10.8 Å². The van der Waals surface area contributed by atoms with Crippen LogP contribution >= 0.6 is 11.5 Å². The molecule has 5 nitrogen and oxygen atoms in total. The second-order valence-electron chi connectivity index (χ2n) is 2.98. The molecule has 0 aliphatic rings. The summed E-state index contributed by atoms with van der Waals surface area (Å²) in [6, 6.07) is 0. The molecular weight excluding hydrogens is 220 g/mol. The molecule has 80 valence electrons. The van der Waals surface area contributed by atoms with E-state index in [1.807, 2.05) is 6.92 Å². The van der Waals surface area contributed by atoms with Crippen LogP contribution < -0.4 is 11.1 Å². The third kappa shape index (κ3) is 3.59. The molecule has 0 aliphatic carbocycles. The Bertz CT molecular complexity index is 314. The highest BCUT2D eigenvalue weighted by molar-refractivity contribution is 7.84. The van der Waals surface area contributed by atoms with Gasteiger partial charge < -0.3 is 11.1 Å². The maximum atomic E-state index is 11.0. The first-order chi connectivity index (χ1) is 6.59. The predicted molar refractivity (Wildman–Crippen MR) is 61.0 cm³/mol. The zero-order chi connectivity index (χ0) is 10.6. The molecule has 0 saturated heterocycles. The van der Waals surface area contributed by atoms with Crippen LogP contribution in [0.3, 0.4) is 0 Å². The summed E-state index contributed by atoms with van der Waals surface area (Å²) in [5.74, 6) is 0.296. The van der Waals surface area contributed by atoms with Crippen molar-refractivity contribution >= 4 is 33.4 Å². The van der Waals surface area contributed by atoms with Crippen LogP contribution in [0.15, 0.2) is 0 Å². The second-order valence-corrected chi connectivity index (χ2v) is 5.54. The average Bonchev–Trinajstić information content (AvgIpc) is 2.51. The number of nitrogens with one attached hydrogen (secondary N) is 1. The Balaban J connectivity index is 2.25. The Kier molecular flexibility index (Phi) is 4.27. The molecule has 0 aliphatic heterocycles. The van der Waals surface area contributed by atoms with Gasteiger partial charge in [-0.1, -0.05) is 6.92 Å². The van der Waals surface area contributed by atoms with E-state index in [-0.39, 0.29) is 5.25 Å². The van der Waals surface area contributed by atoms with Gasteiger partial charge in [-0.05, 0) is 6.42 Å². The van der Waals surface area contributed by atoms with E-state index in [4.69, 9.17) is 5.73 Å². The molecular formula is C7H14N4OS2. The van der Waals surface area contributed by atoms with Crippen molar-refractivity contribution in [3.8, 4) is 0 Å². The number of nitrogen functional groups attached to an aromatic ring is 1. The van der Waals surface area contributed by atoms with Crippen LogP contribution in [-0.4, -0.2) is 31.6 Å². The molecule has 0 aromatic carbocycles. The van der Waals surface area contributed by atoms with Crippen molar-refractivity contribution in [3.05, 3.63) is 0 Å². The SMILES string of the molecule is CC(CCNc1nc(N)ns1)S(C)=O. The summed E-state index contributed by atoms with van der Waals surface area (Å²) in [7, 11) is -0.760. The summed E-state index contributed by atoms with van der Waals surface area (Å²) in [5.41, 5.74) is 5.36. The van der Waals surface area contributed by atoms with Gasteiger partial charge in [0.1, 0.15) is 0 Å². The highest BCUT2D eigenvalue weighted by Gasteiger charge is 2.06. The molecule has 0 fully saturated rings. The van der Waals surface area contributed by atoms with E-state index in [9.17, 15) is 4.21 Å². The minimum atomic E-state index is -0.760. The van der Waals surface area contributed by atoms with Crippen molar-refractivity contribution in [1.29, 1.82) is 0 Å². The van der Waals surface area contributed by atoms with Gasteiger partial charge in [0.05, 0.1) is 0 Å². The van der Waals surface area contributed by atoms with E-state index in [1.54, 1.807) is 6.26 Å². The first-order valence-corrected chi connectivity index (χ1v) is 6.64. The topological polar surface area (TPSA) is 80.9 Å². The predicted octanol–water partition coefficient (Wildman–Crippen LogP) is 0.689. The van der Waals surface area contributed by atoms with Crippen LogP contribution in [0.1, 0.15) is 13.3 Å². The fraction of sp³-hybridized carbons (Fsp3) is 0.714. The largest absolute Gasteiger partial charge is 0.367 e. The van der Waals surface area contributed by atoms with Crippen molar-refractivity contribution in [2.45, 2.75) is 18.6 Å². The quantitative estimate of drug-likeness (QED) is 0.783. The molecule has 1 aromatic rings. The molecule has 0 radical (unpaired) electrons. The van der Waals surface area contributed by atoms with Gasteiger partial charge in [0.25, 0.3) is 0 Å². The molecule has 0 spiro atoms. The highest BCUT2D eigenvalue weighted by atomic mass is 32.2. The van der Waals surface area contributed by atoms with Crippen molar-refractivity contribution in [1.82, 2.24) is 9.36 Å². The molecule has 7 heteroatoms. The summed E-state index contributed by atoms with van der Waals surface area (Å²) >= 11 is 1.24. The van der Waals surface area contributed by atoms with Crippen LogP contribution in [0.2, 0.25) is 0 Å². The number of nitrogens with zero attached hydrogens (tertiary/aromatic N) is 2. The summed E-state index contributed by atoms with van der Waals surface area (Å²) in [5, 5.41) is 4.00. The van der Waals surface area contributed by atoms with Crippen LogP contribution in [0, 0.1) is 0 Å². The monoisotopic (exact) mass is 234 g/mol. The Labute approximate surface area is 89.7 Å². The molecule has 2 atom stereocenters. The normalized spacial score (nSPS) is 15.0. The van der Waals surface area contributed by atoms with Crippen LogP contribution in [0.25, 0.3) is 0 Å². The minimum absolute atomic E-state index is 0.202. The lowest BCUT2D eigenvalue weighted by Crippen LogP contribution is -2.14. The maximum Gasteiger partial charge on any atom is 0.233 e. The second kappa shape index (κ2) is 5.26. The third-order valence-corrected chi connectivity index (χ3v) is 3.89. The van der Waals surface area contributed by atoms with Gasteiger partial charge in [0.15, 0.2) is 0 Å². The van der Waals surface area contributed by atoms with E-state index in [0.29, 0.717) is 5.95 Å². The number of hydrogen-bond donors (Lipinski definition) is 2. The summed E-state index contributed by atoms with van der Waals surface area (Å²) in [4.78, 5) is 3.95. The number of nitrogens with two attached hydrogens (primary N) is 1. The van der Waals surface area contributed by atoms with Gasteiger partial charge in [-0.25, -0.2) is 0 Å². The van der Waals surface area contributed by atoms with Crippen molar-refractivity contribution in [2.24, 2.45) is 0 Å². The molecule has 3 N–H and O–H groups in total. The molecule has 0 bridgehead atoms. The Hall–Kier alpha value is -0.690. The number of aromatic nitrogens is 2. The minimum Gasteiger partial charge on any atom is -0.367 e. The van der Waals surface area contributed by atoms with E-state index >= 15 is 0 Å². The van der Waals surface area contributed by atoms with Gasteiger partial charge >= 0.3 is 0 Å². The fourth-order valence-corrected chi connectivity index (χ4v) is 1.83.